The van der Waals surface area contributed by atoms with Gasteiger partial charge in [-0.25, -0.2) is 0 Å². The maximum Gasteiger partial charge on any atom is 0.176 e. The number of ether oxygens (including phenoxy) is 2. The summed E-state index contributed by atoms with van der Waals surface area (Å²) in [6.07, 6.45) is 1.92. The van der Waals surface area contributed by atoms with Crippen LogP contribution in [0.3, 0.4) is 0 Å². The van der Waals surface area contributed by atoms with E-state index < -0.39 is 0 Å². The second-order valence-electron chi connectivity index (χ2n) is 5.97. The van der Waals surface area contributed by atoms with Crippen LogP contribution < -0.4 is 20.1 Å². The molecule has 0 unspecified atom stereocenters. The largest absolute Gasteiger partial charge is 0.497 e. The number of rotatable bonds is 6. The topological polar surface area (TPSA) is 60.3 Å². The molecule has 2 aromatic carbocycles. The molecule has 0 amide bonds. The van der Waals surface area contributed by atoms with Crippen molar-refractivity contribution in [2.24, 2.45) is 0 Å². The number of benzene rings is 2. The first-order chi connectivity index (χ1) is 13.1. The van der Waals surface area contributed by atoms with Gasteiger partial charge in [-0.2, -0.15) is 5.10 Å². The van der Waals surface area contributed by atoms with E-state index in [4.69, 9.17) is 21.7 Å². The van der Waals surface area contributed by atoms with E-state index in [-0.39, 0.29) is 0 Å². The quantitative estimate of drug-likeness (QED) is 0.627. The summed E-state index contributed by atoms with van der Waals surface area (Å²) in [7, 11) is 3.22. The zero-order chi connectivity index (χ0) is 19.2. The molecular formula is C20H22N4O2S. The maximum absolute atomic E-state index is 5.40. The lowest BCUT2D eigenvalue weighted by Gasteiger charge is -2.13. The fourth-order valence-electron chi connectivity index (χ4n) is 2.66. The summed E-state index contributed by atoms with van der Waals surface area (Å²) in [5.41, 5.74) is 3.19. The van der Waals surface area contributed by atoms with Gasteiger partial charge in [0.25, 0.3) is 0 Å². The molecule has 7 heteroatoms. The van der Waals surface area contributed by atoms with Crippen molar-refractivity contribution in [2.75, 3.05) is 24.9 Å². The Labute approximate surface area is 164 Å². The Hall–Kier alpha value is -3.06. The van der Waals surface area contributed by atoms with E-state index in [0.717, 1.165) is 0 Å². The minimum absolute atomic E-state index is 0.419. The third-order valence-electron chi connectivity index (χ3n) is 4.13. The van der Waals surface area contributed by atoms with Gasteiger partial charge in [0.2, 0.25) is 0 Å². The lowest BCUT2D eigenvalue weighted by molar-refractivity contribution is 0.405. The number of nitrogens with zero attached hydrogens (tertiary/aromatic N) is 2. The zero-order valence-electron chi connectivity index (χ0n) is 15.5. The minimum Gasteiger partial charge on any atom is -0.497 e. The van der Waals surface area contributed by atoms with Gasteiger partial charge in [0.05, 0.1) is 26.5 Å². The fraction of sp³-hybridized carbons (Fsp3) is 0.200. The number of hydrogen-bond acceptors (Lipinski definition) is 4. The summed E-state index contributed by atoms with van der Waals surface area (Å²) in [6.45, 7) is 2.80. The molecule has 1 heterocycles. The Kier molecular flexibility index (Phi) is 5.93. The highest BCUT2D eigenvalue weighted by Crippen LogP contribution is 2.29. The van der Waals surface area contributed by atoms with Crippen LogP contribution >= 0.6 is 12.2 Å². The monoisotopic (exact) mass is 382 g/mol. The zero-order valence-corrected chi connectivity index (χ0v) is 16.3. The molecule has 3 rings (SSSR count). The number of methoxy groups -OCH3 is 2. The van der Waals surface area contributed by atoms with Crippen LogP contribution in [0.4, 0.5) is 11.5 Å². The molecule has 0 fully saturated rings. The number of hydrogen-bond donors (Lipinski definition) is 2. The van der Waals surface area contributed by atoms with Gasteiger partial charge in [-0.05, 0) is 42.4 Å². The van der Waals surface area contributed by atoms with Crippen LogP contribution in [0.2, 0.25) is 0 Å². The molecule has 0 atom stereocenters. The van der Waals surface area contributed by atoms with E-state index in [1.54, 1.807) is 14.2 Å². The van der Waals surface area contributed by atoms with Crippen molar-refractivity contribution >= 4 is 28.8 Å². The predicted octanol–water partition coefficient (Wildman–Crippen LogP) is 4.07. The minimum atomic E-state index is 0.419. The van der Waals surface area contributed by atoms with Gasteiger partial charge < -0.3 is 20.1 Å². The summed E-state index contributed by atoms with van der Waals surface area (Å²) in [5, 5.41) is 11.2. The number of nitrogens with one attached hydrogen (secondary N) is 2. The third-order valence-corrected chi connectivity index (χ3v) is 4.33. The van der Waals surface area contributed by atoms with E-state index in [1.165, 1.54) is 11.1 Å². The van der Waals surface area contributed by atoms with Crippen molar-refractivity contribution < 1.29 is 9.47 Å². The fourth-order valence-corrected chi connectivity index (χ4v) is 2.87. The Balaban J connectivity index is 1.65. The number of anilines is 2. The SMILES string of the molecule is COc1ccc(OC)c(NC(=S)Nc2ccn(Cc3ccccc3C)n2)c1. The molecule has 0 saturated carbocycles. The van der Waals surface area contributed by atoms with Crippen molar-refractivity contribution in [2.45, 2.75) is 13.5 Å². The third kappa shape index (κ3) is 4.77. The number of thiocarbonyl (C=S) groups is 1. The molecule has 6 nitrogen and oxygen atoms in total. The first kappa shape index (κ1) is 18.7. The average molecular weight is 382 g/mol. The second-order valence-corrected chi connectivity index (χ2v) is 6.38. The molecule has 0 aliphatic carbocycles. The summed E-state index contributed by atoms with van der Waals surface area (Å²) in [4.78, 5) is 0. The molecule has 0 radical (unpaired) electrons. The summed E-state index contributed by atoms with van der Waals surface area (Å²) >= 11 is 5.40. The van der Waals surface area contributed by atoms with Crippen LogP contribution in [0, 0.1) is 6.92 Å². The summed E-state index contributed by atoms with van der Waals surface area (Å²) in [6, 6.07) is 15.6. The molecule has 1 aromatic heterocycles. The van der Waals surface area contributed by atoms with Gasteiger partial charge in [-0.1, -0.05) is 24.3 Å². The van der Waals surface area contributed by atoms with Crippen LogP contribution in [0.1, 0.15) is 11.1 Å². The number of aryl methyl sites for hydroxylation is 1. The van der Waals surface area contributed by atoms with Gasteiger partial charge in [0, 0.05) is 18.3 Å². The van der Waals surface area contributed by atoms with Crippen LogP contribution in [0.25, 0.3) is 0 Å². The van der Waals surface area contributed by atoms with Gasteiger partial charge >= 0.3 is 0 Å². The first-order valence-electron chi connectivity index (χ1n) is 8.47. The predicted molar refractivity (Wildman–Crippen MR) is 112 cm³/mol. The lowest BCUT2D eigenvalue weighted by Crippen LogP contribution is -2.20. The molecule has 0 spiro atoms. The Morgan fingerprint density at radius 2 is 1.89 bits per heavy atom. The lowest BCUT2D eigenvalue weighted by atomic mass is 10.1. The highest BCUT2D eigenvalue weighted by Gasteiger charge is 2.08. The Morgan fingerprint density at radius 1 is 1.07 bits per heavy atom. The smallest absolute Gasteiger partial charge is 0.176 e. The van der Waals surface area contributed by atoms with Crippen molar-refractivity contribution in [3.8, 4) is 11.5 Å². The Bertz CT molecular complexity index is 939. The highest BCUT2D eigenvalue weighted by molar-refractivity contribution is 7.80. The number of aromatic nitrogens is 2. The van der Waals surface area contributed by atoms with E-state index in [2.05, 4.69) is 34.8 Å². The maximum atomic E-state index is 5.40. The molecule has 3 aromatic rings. The van der Waals surface area contributed by atoms with E-state index in [9.17, 15) is 0 Å². The molecule has 27 heavy (non-hydrogen) atoms. The van der Waals surface area contributed by atoms with Gasteiger partial charge in [-0.15, -0.1) is 0 Å². The van der Waals surface area contributed by atoms with Crippen molar-refractivity contribution in [1.82, 2.24) is 9.78 Å². The molecule has 0 saturated heterocycles. The highest BCUT2D eigenvalue weighted by atomic mass is 32.1. The van der Waals surface area contributed by atoms with Gasteiger partial charge in [0.15, 0.2) is 10.9 Å². The van der Waals surface area contributed by atoms with Crippen LogP contribution in [0.15, 0.2) is 54.7 Å². The normalized spacial score (nSPS) is 10.3. The summed E-state index contributed by atoms with van der Waals surface area (Å²) in [5.74, 6) is 2.05. The van der Waals surface area contributed by atoms with E-state index in [0.29, 0.717) is 34.7 Å². The molecule has 0 aliphatic rings. The molecule has 2 N–H and O–H groups in total. The van der Waals surface area contributed by atoms with Gasteiger partial charge in [0.1, 0.15) is 11.5 Å². The molecule has 140 valence electrons. The van der Waals surface area contributed by atoms with E-state index in [1.807, 2.05) is 47.3 Å². The van der Waals surface area contributed by atoms with Crippen LogP contribution in [-0.2, 0) is 6.54 Å². The second kappa shape index (κ2) is 8.55. The molecule has 0 bridgehead atoms. The van der Waals surface area contributed by atoms with Crippen LogP contribution in [-0.4, -0.2) is 29.1 Å². The van der Waals surface area contributed by atoms with Crippen molar-refractivity contribution in [3.63, 3.8) is 0 Å². The van der Waals surface area contributed by atoms with E-state index >= 15 is 0 Å². The summed E-state index contributed by atoms with van der Waals surface area (Å²) < 4.78 is 12.5. The Morgan fingerprint density at radius 3 is 2.63 bits per heavy atom. The average Bonchev–Trinajstić information content (AvgIpc) is 3.10. The van der Waals surface area contributed by atoms with Crippen molar-refractivity contribution in [1.29, 1.82) is 0 Å². The first-order valence-corrected chi connectivity index (χ1v) is 8.88. The standard InChI is InChI=1S/C20H22N4O2S/c1-14-6-4-5-7-15(14)13-24-11-10-19(23-24)22-20(27)21-17-12-16(25-2)8-9-18(17)26-3/h4-12H,13H2,1-3H3,(H2,21,22,23,27). The van der Waals surface area contributed by atoms with Gasteiger partial charge in [-0.3, -0.25) is 4.68 Å². The molecular weight excluding hydrogens is 360 g/mol. The molecule has 0 aliphatic heterocycles. The van der Waals surface area contributed by atoms with Crippen molar-refractivity contribution in [3.05, 3.63) is 65.9 Å². The van der Waals surface area contributed by atoms with Crippen LogP contribution in [0.5, 0.6) is 11.5 Å².